The van der Waals surface area contributed by atoms with Gasteiger partial charge < -0.3 is 5.32 Å². The van der Waals surface area contributed by atoms with E-state index in [0.29, 0.717) is 18.1 Å². The number of nitrogens with zero attached hydrogens (tertiary/aromatic N) is 2. The zero-order chi connectivity index (χ0) is 17.6. The third-order valence-corrected chi connectivity index (χ3v) is 3.80. The fraction of sp³-hybridized carbons (Fsp3) is 0.150. The van der Waals surface area contributed by atoms with Gasteiger partial charge in [0.25, 0.3) is 5.56 Å². The molecule has 0 saturated carbocycles. The van der Waals surface area contributed by atoms with E-state index >= 15 is 0 Å². The Morgan fingerprint density at radius 3 is 2.36 bits per heavy atom. The normalized spacial score (nSPS) is 10.4. The Morgan fingerprint density at radius 2 is 1.68 bits per heavy atom. The van der Waals surface area contributed by atoms with Crippen LogP contribution in [0.4, 0.5) is 0 Å². The standard InChI is InChI=1S/C20H19N3O2/c1-15-12-19(25)23(20(22-15)17-10-6-3-7-11-17)14-18(24)21-13-16-8-4-2-5-9-16/h2-12H,13-14H2,1H3,(H,21,24). The molecule has 126 valence electrons. The number of rotatable bonds is 5. The van der Waals surface area contributed by atoms with E-state index in [0.717, 1.165) is 11.1 Å². The molecule has 2 aromatic carbocycles. The first-order valence-corrected chi connectivity index (χ1v) is 8.08. The number of carbonyl (C=O) groups is 1. The van der Waals surface area contributed by atoms with Gasteiger partial charge in [0, 0.05) is 23.9 Å². The Kier molecular flexibility index (Phi) is 5.04. The Labute approximate surface area is 146 Å². The molecule has 3 rings (SSSR count). The zero-order valence-corrected chi connectivity index (χ0v) is 14.0. The van der Waals surface area contributed by atoms with E-state index in [4.69, 9.17) is 0 Å². The lowest BCUT2D eigenvalue weighted by Crippen LogP contribution is -2.33. The van der Waals surface area contributed by atoms with Crippen molar-refractivity contribution in [1.29, 1.82) is 0 Å². The molecule has 0 saturated heterocycles. The number of hydrogen-bond acceptors (Lipinski definition) is 3. The molecule has 1 aromatic heterocycles. The topological polar surface area (TPSA) is 64.0 Å². The van der Waals surface area contributed by atoms with Gasteiger partial charge in [0.1, 0.15) is 12.4 Å². The summed E-state index contributed by atoms with van der Waals surface area (Å²) in [7, 11) is 0. The quantitative estimate of drug-likeness (QED) is 0.780. The van der Waals surface area contributed by atoms with Crippen molar-refractivity contribution in [2.45, 2.75) is 20.0 Å². The molecule has 0 spiro atoms. The maximum Gasteiger partial charge on any atom is 0.254 e. The maximum atomic E-state index is 12.4. The summed E-state index contributed by atoms with van der Waals surface area (Å²) in [5, 5.41) is 2.84. The van der Waals surface area contributed by atoms with Gasteiger partial charge in [-0.15, -0.1) is 0 Å². The van der Waals surface area contributed by atoms with Gasteiger partial charge in [-0.2, -0.15) is 0 Å². The van der Waals surface area contributed by atoms with E-state index in [9.17, 15) is 9.59 Å². The van der Waals surface area contributed by atoms with Gasteiger partial charge in [0.15, 0.2) is 0 Å². The van der Waals surface area contributed by atoms with Crippen LogP contribution in [0.1, 0.15) is 11.3 Å². The number of carbonyl (C=O) groups excluding carboxylic acids is 1. The SMILES string of the molecule is Cc1cc(=O)n(CC(=O)NCc2ccccc2)c(-c2ccccc2)n1. The van der Waals surface area contributed by atoms with Gasteiger partial charge in [0.05, 0.1) is 0 Å². The molecule has 0 aliphatic heterocycles. The molecule has 0 aliphatic carbocycles. The Morgan fingerprint density at radius 1 is 1.04 bits per heavy atom. The fourth-order valence-corrected chi connectivity index (χ4v) is 2.58. The summed E-state index contributed by atoms with van der Waals surface area (Å²) >= 11 is 0. The van der Waals surface area contributed by atoms with Crippen molar-refractivity contribution >= 4 is 5.91 Å². The van der Waals surface area contributed by atoms with Crippen molar-refractivity contribution in [1.82, 2.24) is 14.9 Å². The molecule has 0 unspecified atom stereocenters. The van der Waals surface area contributed by atoms with Crippen molar-refractivity contribution in [3.8, 4) is 11.4 Å². The lowest BCUT2D eigenvalue weighted by Gasteiger charge is -2.13. The van der Waals surface area contributed by atoms with Crippen LogP contribution in [-0.4, -0.2) is 15.5 Å². The van der Waals surface area contributed by atoms with Crippen LogP contribution in [-0.2, 0) is 17.9 Å². The number of aromatic nitrogens is 2. The smallest absolute Gasteiger partial charge is 0.254 e. The molecule has 3 aromatic rings. The van der Waals surface area contributed by atoms with Crippen molar-refractivity contribution in [2.75, 3.05) is 0 Å². The average Bonchev–Trinajstić information content (AvgIpc) is 2.63. The zero-order valence-electron chi connectivity index (χ0n) is 14.0. The van der Waals surface area contributed by atoms with E-state index in [-0.39, 0.29) is 18.0 Å². The molecule has 25 heavy (non-hydrogen) atoms. The highest BCUT2D eigenvalue weighted by Gasteiger charge is 2.12. The monoisotopic (exact) mass is 333 g/mol. The minimum Gasteiger partial charge on any atom is -0.350 e. The highest BCUT2D eigenvalue weighted by Crippen LogP contribution is 2.15. The summed E-state index contributed by atoms with van der Waals surface area (Å²) in [5.41, 5.74) is 2.21. The van der Waals surface area contributed by atoms with E-state index in [1.807, 2.05) is 60.7 Å². The highest BCUT2D eigenvalue weighted by atomic mass is 16.2. The molecule has 1 N–H and O–H groups in total. The number of hydrogen-bond donors (Lipinski definition) is 1. The number of nitrogens with one attached hydrogen (secondary N) is 1. The van der Waals surface area contributed by atoms with E-state index in [1.165, 1.54) is 10.6 Å². The van der Waals surface area contributed by atoms with Crippen LogP contribution in [0, 0.1) is 6.92 Å². The molecular weight excluding hydrogens is 314 g/mol. The van der Waals surface area contributed by atoms with Crippen LogP contribution >= 0.6 is 0 Å². The van der Waals surface area contributed by atoms with Gasteiger partial charge in [-0.1, -0.05) is 60.7 Å². The second kappa shape index (κ2) is 7.57. The molecule has 5 nitrogen and oxygen atoms in total. The molecule has 0 fully saturated rings. The van der Waals surface area contributed by atoms with Crippen molar-refractivity contribution < 1.29 is 4.79 Å². The van der Waals surface area contributed by atoms with Gasteiger partial charge in [-0.05, 0) is 12.5 Å². The average molecular weight is 333 g/mol. The maximum absolute atomic E-state index is 12.4. The van der Waals surface area contributed by atoms with Crippen molar-refractivity contribution in [2.24, 2.45) is 0 Å². The van der Waals surface area contributed by atoms with Gasteiger partial charge in [-0.25, -0.2) is 4.98 Å². The number of aryl methyl sites for hydroxylation is 1. The van der Waals surface area contributed by atoms with Crippen LogP contribution in [0.15, 0.2) is 71.5 Å². The van der Waals surface area contributed by atoms with E-state index < -0.39 is 0 Å². The minimum atomic E-state index is -0.235. The largest absolute Gasteiger partial charge is 0.350 e. The second-order valence-corrected chi connectivity index (χ2v) is 5.77. The molecule has 0 bridgehead atoms. The summed E-state index contributed by atoms with van der Waals surface area (Å²) in [4.78, 5) is 29.2. The van der Waals surface area contributed by atoms with Crippen LogP contribution in [0.3, 0.4) is 0 Å². The van der Waals surface area contributed by atoms with Gasteiger partial charge in [-0.3, -0.25) is 14.2 Å². The second-order valence-electron chi connectivity index (χ2n) is 5.77. The first kappa shape index (κ1) is 16.6. The van der Waals surface area contributed by atoms with Crippen LogP contribution in [0.5, 0.6) is 0 Å². The summed E-state index contributed by atoms with van der Waals surface area (Å²) in [6, 6.07) is 20.5. The van der Waals surface area contributed by atoms with Gasteiger partial charge >= 0.3 is 0 Å². The molecule has 0 atom stereocenters. The third kappa shape index (κ3) is 4.20. The summed E-state index contributed by atoms with van der Waals surface area (Å²) in [6.45, 7) is 2.13. The highest BCUT2D eigenvalue weighted by molar-refractivity contribution is 5.76. The van der Waals surface area contributed by atoms with E-state index in [2.05, 4.69) is 10.3 Å². The molecule has 1 amide bonds. The minimum absolute atomic E-state index is 0.0663. The molecular formula is C20H19N3O2. The van der Waals surface area contributed by atoms with E-state index in [1.54, 1.807) is 6.92 Å². The lowest BCUT2D eigenvalue weighted by molar-refractivity contribution is -0.121. The van der Waals surface area contributed by atoms with Crippen LogP contribution in [0.2, 0.25) is 0 Å². The first-order valence-electron chi connectivity index (χ1n) is 8.08. The van der Waals surface area contributed by atoms with Crippen LogP contribution < -0.4 is 10.9 Å². The predicted molar refractivity (Wildman–Crippen MR) is 97.0 cm³/mol. The Bertz CT molecular complexity index is 919. The molecule has 1 heterocycles. The predicted octanol–water partition coefficient (Wildman–Crippen LogP) is 2.54. The Hall–Kier alpha value is -3.21. The Balaban J connectivity index is 1.82. The molecule has 0 radical (unpaired) electrons. The van der Waals surface area contributed by atoms with Crippen molar-refractivity contribution in [3.63, 3.8) is 0 Å². The number of amides is 1. The molecule has 0 aliphatic rings. The third-order valence-electron chi connectivity index (χ3n) is 3.80. The lowest BCUT2D eigenvalue weighted by atomic mass is 10.2. The summed E-state index contributed by atoms with van der Waals surface area (Å²) < 4.78 is 1.41. The summed E-state index contributed by atoms with van der Waals surface area (Å²) in [5.74, 6) is 0.272. The first-order chi connectivity index (χ1) is 12.1. The van der Waals surface area contributed by atoms with Crippen molar-refractivity contribution in [3.05, 3.63) is 88.3 Å². The van der Waals surface area contributed by atoms with Gasteiger partial charge in [0.2, 0.25) is 5.91 Å². The summed E-state index contributed by atoms with van der Waals surface area (Å²) in [6.07, 6.45) is 0. The fourth-order valence-electron chi connectivity index (χ4n) is 2.58. The molecule has 5 heteroatoms. The van der Waals surface area contributed by atoms with Crippen LogP contribution in [0.25, 0.3) is 11.4 Å². The number of benzene rings is 2.